The van der Waals surface area contributed by atoms with Gasteiger partial charge in [-0.2, -0.15) is 0 Å². The van der Waals surface area contributed by atoms with E-state index < -0.39 is 28.4 Å². The summed E-state index contributed by atoms with van der Waals surface area (Å²) in [6.45, 7) is 0. The lowest BCUT2D eigenvalue weighted by atomic mass is 10.1. The summed E-state index contributed by atoms with van der Waals surface area (Å²) in [5.41, 5.74) is -0.847. The fraction of sp³-hybridized carbons (Fsp3) is 0.300. The number of methoxy groups -OCH3 is 2. The van der Waals surface area contributed by atoms with Crippen LogP contribution in [0.15, 0.2) is 18.2 Å². The van der Waals surface area contributed by atoms with Crippen molar-refractivity contribution in [3.8, 4) is 0 Å². The highest BCUT2D eigenvalue weighted by atomic mass is 16.7. The number of benzene rings is 1. The normalized spacial score (nSPS) is 10.5. The van der Waals surface area contributed by atoms with Gasteiger partial charge in [-0.3, -0.25) is 10.1 Å². The number of carbonyl (C=O) groups is 1. The average Bonchev–Trinajstić information content (AvgIpc) is 2.30. The Kier molecular flexibility index (Phi) is 4.13. The van der Waals surface area contributed by atoms with Gasteiger partial charge in [0.15, 0.2) is 6.29 Å². The minimum atomic E-state index is -1.37. The fourth-order valence-electron chi connectivity index (χ4n) is 1.48. The molecule has 1 N–H and O–H groups in total. The van der Waals surface area contributed by atoms with Gasteiger partial charge in [-0.15, -0.1) is 0 Å². The average molecular weight is 241 g/mol. The van der Waals surface area contributed by atoms with E-state index in [1.165, 1.54) is 26.4 Å². The van der Waals surface area contributed by atoms with Gasteiger partial charge in [0.2, 0.25) is 0 Å². The number of ether oxygens (including phenoxy) is 2. The molecule has 0 amide bonds. The number of nitro groups is 1. The highest BCUT2D eigenvalue weighted by molar-refractivity contribution is 5.93. The molecule has 1 rings (SSSR count). The second-order valence-corrected chi connectivity index (χ2v) is 3.11. The Labute approximate surface area is 96.7 Å². The number of para-hydroxylation sites is 1. The monoisotopic (exact) mass is 241 g/mol. The van der Waals surface area contributed by atoms with E-state index in [0.717, 1.165) is 6.07 Å². The standard InChI is InChI=1S/C10H11NO6/c1-16-10(17-2)7-5-3-4-6(9(12)13)8(7)11(14)15/h3-5,10H,1-2H3,(H,12,13). The molecule has 0 spiro atoms. The van der Waals surface area contributed by atoms with Gasteiger partial charge >= 0.3 is 5.97 Å². The minimum Gasteiger partial charge on any atom is -0.477 e. The van der Waals surface area contributed by atoms with Crippen molar-refractivity contribution in [3.63, 3.8) is 0 Å². The van der Waals surface area contributed by atoms with Crippen LogP contribution < -0.4 is 0 Å². The van der Waals surface area contributed by atoms with E-state index >= 15 is 0 Å². The Morgan fingerprint density at radius 2 is 2.00 bits per heavy atom. The summed E-state index contributed by atoms with van der Waals surface area (Å²) >= 11 is 0. The number of carboxylic acids is 1. The van der Waals surface area contributed by atoms with Crippen molar-refractivity contribution in [2.75, 3.05) is 14.2 Å². The summed E-state index contributed by atoms with van der Waals surface area (Å²) < 4.78 is 9.78. The third-order valence-corrected chi connectivity index (χ3v) is 2.16. The summed E-state index contributed by atoms with van der Waals surface area (Å²) in [5.74, 6) is -1.37. The lowest BCUT2D eigenvalue weighted by Crippen LogP contribution is -2.11. The second-order valence-electron chi connectivity index (χ2n) is 3.11. The number of carboxylic acid groups (broad SMARTS) is 1. The van der Waals surface area contributed by atoms with Gasteiger partial charge in [0.25, 0.3) is 5.69 Å². The van der Waals surface area contributed by atoms with E-state index in [1.807, 2.05) is 0 Å². The zero-order valence-electron chi connectivity index (χ0n) is 9.25. The van der Waals surface area contributed by atoms with Crippen molar-refractivity contribution in [2.24, 2.45) is 0 Å². The summed E-state index contributed by atoms with van der Waals surface area (Å²) in [6, 6.07) is 3.95. The molecular formula is C10H11NO6. The SMILES string of the molecule is COC(OC)c1cccc(C(=O)O)c1[N+](=O)[O-]. The van der Waals surface area contributed by atoms with Crippen molar-refractivity contribution >= 4 is 11.7 Å². The molecule has 0 saturated heterocycles. The number of hydrogen-bond donors (Lipinski definition) is 1. The molecule has 0 heterocycles. The molecule has 1 aromatic rings. The van der Waals surface area contributed by atoms with Crippen LogP contribution in [0.5, 0.6) is 0 Å². The van der Waals surface area contributed by atoms with E-state index in [9.17, 15) is 14.9 Å². The Bertz CT molecular complexity index is 440. The van der Waals surface area contributed by atoms with Crippen LogP contribution >= 0.6 is 0 Å². The summed E-state index contributed by atoms with van der Waals surface area (Å²) in [5, 5.41) is 19.8. The first kappa shape index (κ1) is 13.1. The maximum absolute atomic E-state index is 10.9. The highest BCUT2D eigenvalue weighted by Crippen LogP contribution is 2.30. The molecule has 0 aromatic heterocycles. The van der Waals surface area contributed by atoms with Gasteiger partial charge < -0.3 is 14.6 Å². The molecule has 0 unspecified atom stereocenters. The van der Waals surface area contributed by atoms with Crippen LogP contribution in [0.4, 0.5) is 5.69 Å². The Hall–Kier alpha value is -1.99. The topological polar surface area (TPSA) is 98.9 Å². The maximum Gasteiger partial charge on any atom is 0.342 e. The Morgan fingerprint density at radius 1 is 1.41 bits per heavy atom. The molecule has 0 fully saturated rings. The van der Waals surface area contributed by atoms with E-state index in [2.05, 4.69) is 0 Å². The molecule has 0 aliphatic heterocycles. The molecule has 7 nitrogen and oxygen atoms in total. The molecule has 92 valence electrons. The van der Waals surface area contributed by atoms with Gasteiger partial charge in [0.1, 0.15) is 5.56 Å². The van der Waals surface area contributed by atoms with Gasteiger partial charge in [-0.25, -0.2) is 4.79 Å². The molecule has 17 heavy (non-hydrogen) atoms. The molecule has 0 aliphatic carbocycles. The van der Waals surface area contributed by atoms with Gasteiger partial charge in [-0.1, -0.05) is 6.07 Å². The van der Waals surface area contributed by atoms with Crippen LogP contribution in [-0.2, 0) is 9.47 Å². The van der Waals surface area contributed by atoms with E-state index in [4.69, 9.17) is 14.6 Å². The van der Waals surface area contributed by atoms with Gasteiger partial charge in [-0.05, 0) is 12.1 Å². The third kappa shape index (κ3) is 2.58. The largest absolute Gasteiger partial charge is 0.477 e. The number of aromatic carboxylic acids is 1. The van der Waals surface area contributed by atoms with Crippen molar-refractivity contribution in [2.45, 2.75) is 6.29 Å². The van der Waals surface area contributed by atoms with Crippen molar-refractivity contribution in [3.05, 3.63) is 39.4 Å². The van der Waals surface area contributed by atoms with Gasteiger partial charge in [0.05, 0.1) is 10.5 Å². The molecule has 7 heteroatoms. The zero-order valence-corrected chi connectivity index (χ0v) is 9.25. The van der Waals surface area contributed by atoms with E-state index in [0.29, 0.717) is 0 Å². The van der Waals surface area contributed by atoms with E-state index in [1.54, 1.807) is 0 Å². The number of hydrogen-bond acceptors (Lipinski definition) is 5. The van der Waals surface area contributed by atoms with Crippen LogP contribution in [0, 0.1) is 10.1 Å². The smallest absolute Gasteiger partial charge is 0.342 e. The molecule has 0 radical (unpaired) electrons. The van der Waals surface area contributed by atoms with E-state index in [-0.39, 0.29) is 5.56 Å². The summed E-state index contributed by atoms with van der Waals surface area (Å²) in [4.78, 5) is 21.0. The molecule has 0 atom stereocenters. The zero-order chi connectivity index (χ0) is 13.0. The maximum atomic E-state index is 10.9. The molecule has 0 aliphatic rings. The highest BCUT2D eigenvalue weighted by Gasteiger charge is 2.28. The van der Waals surface area contributed by atoms with Crippen molar-refractivity contribution < 1.29 is 24.3 Å². The quantitative estimate of drug-likeness (QED) is 0.477. The summed E-state index contributed by atoms with van der Waals surface area (Å²) in [6.07, 6.45) is -0.977. The van der Waals surface area contributed by atoms with Crippen LogP contribution in [0.1, 0.15) is 22.2 Å². The molecule has 0 saturated carbocycles. The van der Waals surface area contributed by atoms with Crippen molar-refractivity contribution in [1.82, 2.24) is 0 Å². The molecule has 0 bridgehead atoms. The third-order valence-electron chi connectivity index (χ3n) is 2.16. The van der Waals surface area contributed by atoms with Crippen LogP contribution in [0.3, 0.4) is 0 Å². The lowest BCUT2D eigenvalue weighted by Gasteiger charge is -2.14. The first-order valence-electron chi connectivity index (χ1n) is 4.59. The van der Waals surface area contributed by atoms with Crippen LogP contribution in [0.25, 0.3) is 0 Å². The Morgan fingerprint density at radius 3 is 2.41 bits per heavy atom. The van der Waals surface area contributed by atoms with Crippen LogP contribution in [-0.4, -0.2) is 30.2 Å². The second kappa shape index (κ2) is 5.37. The predicted octanol–water partition coefficient (Wildman–Crippen LogP) is 1.58. The summed E-state index contributed by atoms with van der Waals surface area (Å²) in [7, 11) is 2.62. The predicted molar refractivity (Wildman–Crippen MR) is 56.8 cm³/mol. The number of nitro benzene ring substituents is 1. The minimum absolute atomic E-state index is 0.0694. The lowest BCUT2D eigenvalue weighted by molar-refractivity contribution is -0.387. The number of nitrogens with zero attached hydrogens (tertiary/aromatic N) is 1. The first-order valence-corrected chi connectivity index (χ1v) is 4.59. The van der Waals surface area contributed by atoms with Crippen LogP contribution in [0.2, 0.25) is 0 Å². The first-order chi connectivity index (χ1) is 8.02. The fourth-order valence-corrected chi connectivity index (χ4v) is 1.48. The molecule has 1 aromatic carbocycles. The Balaban J connectivity index is 3.44. The molecular weight excluding hydrogens is 230 g/mol. The van der Waals surface area contributed by atoms with Gasteiger partial charge in [0, 0.05) is 14.2 Å². The number of rotatable bonds is 5. The van der Waals surface area contributed by atoms with Crippen molar-refractivity contribution in [1.29, 1.82) is 0 Å².